The van der Waals surface area contributed by atoms with Gasteiger partial charge in [-0.15, -0.1) is 0 Å². The van der Waals surface area contributed by atoms with Gasteiger partial charge in [0.15, 0.2) is 0 Å². The van der Waals surface area contributed by atoms with Gasteiger partial charge in [-0.2, -0.15) is 17.0 Å². The van der Waals surface area contributed by atoms with Crippen LogP contribution in [-0.2, 0) is 10.2 Å². The first-order valence-electron chi connectivity index (χ1n) is 7.36. The van der Waals surface area contributed by atoms with Crippen molar-refractivity contribution in [2.24, 2.45) is 11.8 Å². The minimum absolute atomic E-state index is 0.214. The van der Waals surface area contributed by atoms with E-state index >= 15 is 0 Å². The van der Waals surface area contributed by atoms with Crippen LogP contribution >= 0.6 is 0 Å². The Morgan fingerprint density at radius 1 is 1.10 bits per heavy atom. The monoisotopic (exact) mass is 310 g/mol. The molecule has 1 saturated heterocycles. The molecule has 2 fully saturated rings. The maximum Gasteiger partial charge on any atom is 0.281 e. The van der Waals surface area contributed by atoms with E-state index in [0.717, 1.165) is 18.6 Å². The van der Waals surface area contributed by atoms with Crippen molar-refractivity contribution >= 4 is 10.2 Å². The van der Waals surface area contributed by atoms with E-state index in [2.05, 4.69) is 0 Å². The SMILES string of the molecule is CN(C)S(=O)(=O)N1C[C@H]2CC(Oc3ccccc3)C[C@H]2C1. The molecule has 0 spiro atoms. The van der Waals surface area contributed by atoms with Crippen LogP contribution in [-0.4, -0.2) is 50.3 Å². The zero-order valence-electron chi connectivity index (χ0n) is 12.5. The lowest BCUT2D eigenvalue weighted by Crippen LogP contribution is -2.39. The Morgan fingerprint density at radius 3 is 2.19 bits per heavy atom. The number of benzene rings is 1. The van der Waals surface area contributed by atoms with E-state index in [1.165, 1.54) is 4.31 Å². The van der Waals surface area contributed by atoms with Crippen LogP contribution < -0.4 is 4.74 Å². The van der Waals surface area contributed by atoms with Gasteiger partial charge in [-0.25, -0.2) is 0 Å². The van der Waals surface area contributed by atoms with Gasteiger partial charge in [0.05, 0.1) is 6.10 Å². The van der Waals surface area contributed by atoms with Gasteiger partial charge in [-0.3, -0.25) is 0 Å². The second-order valence-corrected chi connectivity index (χ2v) is 8.29. The molecule has 1 aliphatic carbocycles. The van der Waals surface area contributed by atoms with Crippen LogP contribution in [0.2, 0.25) is 0 Å². The molecule has 116 valence electrons. The lowest BCUT2D eigenvalue weighted by Gasteiger charge is -2.22. The number of rotatable bonds is 4. The number of hydrogen-bond donors (Lipinski definition) is 0. The van der Waals surface area contributed by atoms with E-state index < -0.39 is 10.2 Å². The Bertz CT molecular complexity index is 574. The van der Waals surface area contributed by atoms with Gasteiger partial charge < -0.3 is 4.74 Å². The van der Waals surface area contributed by atoms with Crippen molar-refractivity contribution in [3.8, 4) is 5.75 Å². The van der Waals surface area contributed by atoms with Crippen molar-refractivity contribution in [1.29, 1.82) is 0 Å². The van der Waals surface area contributed by atoms with Crippen molar-refractivity contribution < 1.29 is 13.2 Å². The van der Waals surface area contributed by atoms with Crippen LogP contribution in [0.4, 0.5) is 0 Å². The summed E-state index contributed by atoms with van der Waals surface area (Å²) in [7, 11) is -0.0931. The summed E-state index contributed by atoms with van der Waals surface area (Å²) in [6.45, 7) is 1.25. The molecular weight excluding hydrogens is 288 g/mol. The molecule has 0 N–H and O–H groups in total. The fourth-order valence-corrected chi connectivity index (χ4v) is 4.63. The van der Waals surface area contributed by atoms with E-state index in [1.807, 2.05) is 30.3 Å². The molecule has 1 aliphatic heterocycles. The van der Waals surface area contributed by atoms with Gasteiger partial charge in [0.1, 0.15) is 5.75 Å². The minimum Gasteiger partial charge on any atom is -0.490 e. The summed E-state index contributed by atoms with van der Waals surface area (Å²) in [4.78, 5) is 0. The van der Waals surface area contributed by atoms with E-state index in [4.69, 9.17) is 4.74 Å². The lowest BCUT2D eigenvalue weighted by atomic mass is 10.0. The smallest absolute Gasteiger partial charge is 0.281 e. The molecule has 1 unspecified atom stereocenters. The molecule has 1 aromatic rings. The van der Waals surface area contributed by atoms with Crippen molar-refractivity contribution in [2.75, 3.05) is 27.2 Å². The Labute approximate surface area is 126 Å². The molecule has 6 heteroatoms. The van der Waals surface area contributed by atoms with Gasteiger partial charge in [0.25, 0.3) is 10.2 Å². The van der Waals surface area contributed by atoms with Crippen molar-refractivity contribution in [3.05, 3.63) is 30.3 Å². The fraction of sp³-hybridized carbons (Fsp3) is 0.600. The molecule has 0 radical (unpaired) electrons. The second kappa shape index (κ2) is 5.59. The van der Waals surface area contributed by atoms with Crippen LogP contribution in [0, 0.1) is 11.8 Å². The average molecular weight is 310 g/mol. The highest BCUT2D eigenvalue weighted by Gasteiger charge is 2.45. The highest BCUT2D eigenvalue weighted by Crippen LogP contribution is 2.40. The Kier molecular flexibility index (Phi) is 3.94. The molecule has 2 aliphatic rings. The lowest BCUT2D eigenvalue weighted by molar-refractivity contribution is 0.194. The summed E-state index contributed by atoms with van der Waals surface area (Å²) in [5, 5.41) is 0. The third-order valence-electron chi connectivity index (χ3n) is 4.51. The number of nitrogens with zero attached hydrogens (tertiary/aromatic N) is 2. The summed E-state index contributed by atoms with van der Waals surface area (Å²) in [5.41, 5.74) is 0. The molecule has 0 amide bonds. The largest absolute Gasteiger partial charge is 0.490 e. The maximum atomic E-state index is 12.2. The van der Waals surface area contributed by atoms with Crippen LogP contribution in [0.25, 0.3) is 0 Å². The van der Waals surface area contributed by atoms with Crippen LogP contribution in [0.1, 0.15) is 12.8 Å². The molecule has 0 aromatic heterocycles. The molecule has 3 atom stereocenters. The van der Waals surface area contributed by atoms with Crippen LogP contribution in [0.15, 0.2) is 30.3 Å². The molecule has 1 saturated carbocycles. The first kappa shape index (κ1) is 14.8. The normalized spacial score (nSPS) is 29.8. The molecule has 5 nitrogen and oxygen atoms in total. The zero-order valence-corrected chi connectivity index (χ0v) is 13.3. The summed E-state index contributed by atoms with van der Waals surface area (Å²) in [6, 6.07) is 9.85. The molecule has 1 heterocycles. The third kappa shape index (κ3) is 2.93. The first-order chi connectivity index (χ1) is 9.96. The quantitative estimate of drug-likeness (QED) is 0.848. The molecule has 0 bridgehead atoms. The van der Waals surface area contributed by atoms with E-state index in [-0.39, 0.29) is 6.10 Å². The molecule has 21 heavy (non-hydrogen) atoms. The predicted molar refractivity (Wildman–Crippen MR) is 81.3 cm³/mol. The Balaban J connectivity index is 1.59. The summed E-state index contributed by atoms with van der Waals surface area (Å²) in [6.07, 6.45) is 2.10. The first-order valence-corrected chi connectivity index (χ1v) is 8.76. The summed E-state index contributed by atoms with van der Waals surface area (Å²) >= 11 is 0. The van der Waals surface area contributed by atoms with Gasteiger partial charge in [-0.05, 0) is 36.8 Å². The van der Waals surface area contributed by atoms with Gasteiger partial charge in [-0.1, -0.05) is 18.2 Å². The highest BCUT2D eigenvalue weighted by atomic mass is 32.2. The average Bonchev–Trinajstić information content (AvgIpc) is 2.98. The summed E-state index contributed by atoms with van der Waals surface area (Å²) in [5.74, 6) is 1.75. The Morgan fingerprint density at radius 2 is 1.67 bits per heavy atom. The van der Waals surface area contributed by atoms with E-state index in [1.54, 1.807) is 18.4 Å². The number of fused-ring (bicyclic) bond motifs is 1. The van der Waals surface area contributed by atoms with Gasteiger partial charge in [0.2, 0.25) is 0 Å². The van der Waals surface area contributed by atoms with Gasteiger partial charge in [0, 0.05) is 27.2 Å². The van der Waals surface area contributed by atoms with Crippen LogP contribution in [0.5, 0.6) is 5.75 Å². The van der Waals surface area contributed by atoms with E-state index in [9.17, 15) is 8.42 Å². The number of para-hydroxylation sites is 1. The second-order valence-electron chi connectivity index (χ2n) is 6.15. The molecular formula is C15H22N2O3S. The summed E-state index contributed by atoms with van der Waals surface area (Å²) < 4.78 is 33.2. The van der Waals surface area contributed by atoms with Crippen molar-refractivity contribution in [1.82, 2.24) is 8.61 Å². The van der Waals surface area contributed by atoms with Gasteiger partial charge >= 0.3 is 0 Å². The van der Waals surface area contributed by atoms with E-state index in [0.29, 0.717) is 24.9 Å². The number of ether oxygens (including phenoxy) is 1. The third-order valence-corrected chi connectivity index (χ3v) is 6.38. The number of hydrogen-bond acceptors (Lipinski definition) is 3. The Hall–Kier alpha value is -1.11. The van der Waals surface area contributed by atoms with Crippen LogP contribution in [0.3, 0.4) is 0 Å². The molecule has 3 rings (SSSR count). The standard InChI is InChI=1S/C15H22N2O3S/c1-16(2)21(18,19)17-10-12-8-15(9-13(12)11-17)20-14-6-4-3-5-7-14/h3-7,12-13,15H,8-11H2,1-2H3/t12-,13+,15?. The maximum absolute atomic E-state index is 12.2. The minimum atomic E-state index is -3.27. The van der Waals surface area contributed by atoms with Crippen molar-refractivity contribution in [3.63, 3.8) is 0 Å². The zero-order chi connectivity index (χ0) is 15.0. The predicted octanol–water partition coefficient (Wildman–Crippen LogP) is 1.58. The fourth-order valence-electron chi connectivity index (χ4n) is 3.41. The topological polar surface area (TPSA) is 49.9 Å². The van der Waals surface area contributed by atoms with Crippen molar-refractivity contribution in [2.45, 2.75) is 18.9 Å². The molecule has 1 aromatic carbocycles. The highest BCUT2D eigenvalue weighted by molar-refractivity contribution is 7.86.